The fourth-order valence-corrected chi connectivity index (χ4v) is 6.51. The number of carbonyl (C=O) groups is 1. The van der Waals surface area contributed by atoms with Gasteiger partial charge in [0.1, 0.15) is 5.58 Å². The second kappa shape index (κ2) is 13.3. The Kier molecular flexibility index (Phi) is 9.22. The summed E-state index contributed by atoms with van der Waals surface area (Å²) in [5, 5.41) is 3.22. The zero-order valence-corrected chi connectivity index (χ0v) is 26.1. The fourth-order valence-electron chi connectivity index (χ4n) is 6.13. The number of anilines is 1. The molecule has 1 fully saturated rings. The minimum absolute atomic E-state index is 0.0238. The van der Waals surface area contributed by atoms with E-state index in [9.17, 15) is 22.8 Å². The molecule has 5 aromatic rings. The Balaban J connectivity index is 1.33. The first-order chi connectivity index (χ1) is 22.1. The van der Waals surface area contributed by atoms with Crippen LogP contribution in [-0.2, 0) is 23.9 Å². The normalized spacial score (nSPS) is 14.5. The van der Waals surface area contributed by atoms with Crippen molar-refractivity contribution in [1.82, 2.24) is 4.90 Å². The highest BCUT2D eigenvalue weighted by atomic mass is 35.5. The lowest BCUT2D eigenvalue weighted by atomic mass is 9.89. The van der Waals surface area contributed by atoms with Gasteiger partial charge >= 0.3 is 11.8 Å². The number of nitrogens with one attached hydrogen (secondary N) is 1. The van der Waals surface area contributed by atoms with Gasteiger partial charge in [-0.2, -0.15) is 13.2 Å². The van der Waals surface area contributed by atoms with Gasteiger partial charge in [0.2, 0.25) is 5.91 Å². The number of likely N-dealkylation sites (tertiary alicyclic amines) is 1. The molecule has 5 nitrogen and oxygen atoms in total. The maximum absolute atomic E-state index is 13.7. The molecule has 1 aromatic heterocycles. The van der Waals surface area contributed by atoms with Gasteiger partial charge in [0.05, 0.1) is 23.2 Å². The Morgan fingerprint density at radius 2 is 1.59 bits per heavy atom. The molecule has 6 rings (SSSR count). The Morgan fingerprint density at radius 3 is 2.26 bits per heavy atom. The van der Waals surface area contributed by atoms with E-state index in [0.717, 1.165) is 43.6 Å². The molecule has 4 aromatic carbocycles. The van der Waals surface area contributed by atoms with Crippen LogP contribution in [0.15, 0.2) is 100 Å². The van der Waals surface area contributed by atoms with E-state index in [2.05, 4.69) is 34.5 Å². The smallest absolute Gasteiger partial charge is 0.418 e. The van der Waals surface area contributed by atoms with E-state index in [1.165, 1.54) is 11.6 Å². The van der Waals surface area contributed by atoms with Crippen molar-refractivity contribution in [1.29, 1.82) is 0 Å². The highest BCUT2D eigenvalue weighted by molar-refractivity contribution is 6.32. The minimum Gasteiger partial charge on any atom is -0.422 e. The van der Waals surface area contributed by atoms with E-state index in [-0.39, 0.29) is 16.2 Å². The number of hydrogen-bond acceptors (Lipinski definition) is 4. The lowest BCUT2D eigenvalue weighted by molar-refractivity contribution is -0.137. The molecule has 0 bridgehead atoms. The summed E-state index contributed by atoms with van der Waals surface area (Å²) in [4.78, 5) is 28.9. The summed E-state index contributed by atoms with van der Waals surface area (Å²) in [6, 6.07) is 26.1. The molecule has 0 unspecified atom stereocenters. The maximum atomic E-state index is 13.7. The third-order valence-corrected chi connectivity index (χ3v) is 8.97. The molecule has 236 valence electrons. The van der Waals surface area contributed by atoms with Gasteiger partial charge in [-0.05, 0) is 72.8 Å². The summed E-state index contributed by atoms with van der Waals surface area (Å²) in [6.07, 6.45) is -3.24. The Hall–Kier alpha value is -4.11. The predicted molar refractivity (Wildman–Crippen MR) is 175 cm³/mol. The van der Waals surface area contributed by atoms with Crippen LogP contribution in [0.5, 0.6) is 0 Å². The van der Waals surface area contributed by atoms with Crippen LogP contribution < -0.4 is 10.9 Å². The van der Waals surface area contributed by atoms with Gasteiger partial charge in [0.25, 0.3) is 0 Å². The van der Waals surface area contributed by atoms with Crippen LogP contribution in [0, 0.1) is 0 Å². The molecule has 0 spiro atoms. The van der Waals surface area contributed by atoms with Crippen molar-refractivity contribution in [3.63, 3.8) is 0 Å². The standard InChI is InChI=1S/C36H29Cl2F3N2O3/c37-26-11-12-31(29(18-26)36(39,40)41)42-33(44)19-28-34(24-9-5-2-6-10-24)27-17-25(30(38)20-32(27)46-35(28)45)21-43-15-13-23(14-16-43)22-7-3-1-4-8-22/h1-12,17-18,20,23H,13-16,19,21H2,(H,42,44). The number of nitrogens with zero attached hydrogens (tertiary/aromatic N) is 1. The monoisotopic (exact) mass is 664 g/mol. The van der Waals surface area contributed by atoms with Gasteiger partial charge in [0.15, 0.2) is 0 Å². The van der Waals surface area contributed by atoms with E-state index in [0.29, 0.717) is 34.0 Å². The first kappa shape index (κ1) is 31.9. The van der Waals surface area contributed by atoms with Crippen LogP contribution in [0.2, 0.25) is 10.0 Å². The van der Waals surface area contributed by atoms with Gasteiger partial charge < -0.3 is 9.73 Å². The first-order valence-electron chi connectivity index (χ1n) is 14.8. The molecule has 1 amide bonds. The first-order valence-corrected chi connectivity index (χ1v) is 15.6. The number of amides is 1. The molecule has 0 aliphatic carbocycles. The van der Waals surface area contributed by atoms with Gasteiger partial charge in [0, 0.05) is 33.6 Å². The van der Waals surface area contributed by atoms with Crippen molar-refractivity contribution >= 4 is 45.8 Å². The number of rotatable bonds is 7. The molecule has 46 heavy (non-hydrogen) atoms. The van der Waals surface area contributed by atoms with E-state index < -0.39 is 35.4 Å². The average molecular weight is 666 g/mol. The number of halogens is 5. The largest absolute Gasteiger partial charge is 0.422 e. The molecule has 0 radical (unpaired) electrons. The van der Waals surface area contributed by atoms with Gasteiger partial charge in [-0.1, -0.05) is 83.9 Å². The van der Waals surface area contributed by atoms with Crippen molar-refractivity contribution in [3.05, 3.63) is 134 Å². The molecule has 1 aliphatic rings. The van der Waals surface area contributed by atoms with E-state index >= 15 is 0 Å². The molecule has 1 aliphatic heterocycles. The van der Waals surface area contributed by atoms with E-state index in [1.54, 1.807) is 30.3 Å². The summed E-state index contributed by atoms with van der Waals surface area (Å²) < 4.78 is 46.7. The Morgan fingerprint density at radius 1 is 0.913 bits per heavy atom. The summed E-state index contributed by atoms with van der Waals surface area (Å²) >= 11 is 12.5. The second-order valence-electron chi connectivity index (χ2n) is 11.4. The average Bonchev–Trinajstić information content (AvgIpc) is 3.04. The SMILES string of the molecule is O=C(Cc1c(-c2ccccc2)c2cc(CN3CCC(c4ccccc4)CC3)c(Cl)cc2oc1=O)Nc1ccc(Cl)cc1C(F)(F)F. The molecule has 2 heterocycles. The summed E-state index contributed by atoms with van der Waals surface area (Å²) in [6.45, 7) is 2.36. The summed E-state index contributed by atoms with van der Waals surface area (Å²) in [5.41, 5.74) is 1.25. The minimum atomic E-state index is -4.75. The van der Waals surface area contributed by atoms with Gasteiger partial charge in [-0.15, -0.1) is 0 Å². The van der Waals surface area contributed by atoms with Gasteiger partial charge in [-0.25, -0.2) is 4.79 Å². The van der Waals surface area contributed by atoms with Crippen molar-refractivity contribution in [2.24, 2.45) is 0 Å². The lowest BCUT2D eigenvalue weighted by Crippen LogP contribution is -2.32. The second-order valence-corrected chi connectivity index (χ2v) is 12.3. The topological polar surface area (TPSA) is 62.6 Å². The number of hydrogen-bond donors (Lipinski definition) is 1. The summed E-state index contributed by atoms with van der Waals surface area (Å²) in [5.74, 6) is -0.315. The molecule has 0 saturated carbocycles. The predicted octanol–water partition coefficient (Wildman–Crippen LogP) is 9.35. The van der Waals surface area contributed by atoms with Crippen LogP contribution >= 0.6 is 23.2 Å². The van der Waals surface area contributed by atoms with Crippen molar-refractivity contribution < 1.29 is 22.4 Å². The van der Waals surface area contributed by atoms with Crippen LogP contribution in [0.4, 0.5) is 18.9 Å². The number of benzene rings is 4. The lowest BCUT2D eigenvalue weighted by Gasteiger charge is -2.32. The highest BCUT2D eigenvalue weighted by Crippen LogP contribution is 2.38. The van der Waals surface area contributed by atoms with Crippen LogP contribution in [0.1, 0.15) is 41.0 Å². The van der Waals surface area contributed by atoms with Gasteiger partial charge in [-0.3, -0.25) is 9.69 Å². The quantitative estimate of drug-likeness (QED) is 0.176. The Labute approximate surface area is 273 Å². The third kappa shape index (κ3) is 6.99. The third-order valence-electron chi connectivity index (χ3n) is 8.38. The van der Waals surface area contributed by atoms with E-state index in [4.69, 9.17) is 27.6 Å². The van der Waals surface area contributed by atoms with Crippen LogP contribution in [0.3, 0.4) is 0 Å². The molecular formula is C36H29Cl2F3N2O3. The molecule has 1 N–H and O–H groups in total. The zero-order chi connectivity index (χ0) is 32.4. The number of piperidine rings is 1. The van der Waals surface area contributed by atoms with Crippen molar-refractivity contribution in [2.75, 3.05) is 18.4 Å². The zero-order valence-electron chi connectivity index (χ0n) is 24.5. The van der Waals surface area contributed by atoms with Crippen molar-refractivity contribution in [3.8, 4) is 11.1 Å². The molecule has 1 saturated heterocycles. The molecular weight excluding hydrogens is 636 g/mol. The summed E-state index contributed by atoms with van der Waals surface area (Å²) in [7, 11) is 0. The molecule has 10 heteroatoms. The number of fused-ring (bicyclic) bond motifs is 1. The number of alkyl halides is 3. The number of carbonyl (C=O) groups excluding carboxylic acids is 1. The highest BCUT2D eigenvalue weighted by Gasteiger charge is 2.34. The van der Waals surface area contributed by atoms with Crippen LogP contribution in [-0.4, -0.2) is 23.9 Å². The Bertz CT molecular complexity index is 1940. The van der Waals surface area contributed by atoms with E-state index in [1.807, 2.05) is 18.2 Å². The van der Waals surface area contributed by atoms with Crippen molar-refractivity contribution in [2.45, 2.75) is 37.9 Å². The fraction of sp³-hybridized carbons (Fsp3) is 0.222. The van der Waals surface area contributed by atoms with Crippen LogP contribution in [0.25, 0.3) is 22.1 Å². The maximum Gasteiger partial charge on any atom is 0.418 e. The molecule has 0 atom stereocenters.